The molecule has 3 aliphatic heterocycles. The van der Waals surface area contributed by atoms with Crippen LogP contribution in [0, 0.1) is 5.92 Å². The van der Waals surface area contributed by atoms with E-state index in [1.165, 1.54) is 11.1 Å². The number of hydrogen-bond donors (Lipinski definition) is 2. The molecule has 6 nitrogen and oxygen atoms in total. The van der Waals surface area contributed by atoms with Crippen molar-refractivity contribution in [2.45, 2.75) is 49.9 Å². The number of guanidine groups is 1. The van der Waals surface area contributed by atoms with Gasteiger partial charge in [0, 0.05) is 18.5 Å². The van der Waals surface area contributed by atoms with Gasteiger partial charge in [-0.1, -0.05) is 13.3 Å². The van der Waals surface area contributed by atoms with Crippen molar-refractivity contribution in [3.63, 3.8) is 0 Å². The maximum atomic E-state index is 13.9. The van der Waals surface area contributed by atoms with Crippen molar-refractivity contribution in [1.29, 1.82) is 0 Å². The summed E-state index contributed by atoms with van der Waals surface area (Å²) in [7, 11) is 0. The first kappa shape index (κ1) is 18.5. The van der Waals surface area contributed by atoms with Gasteiger partial charge in [-0.05, 0) is 24.8 Å². The number of fused-ring (bicyclic) bond motifs is 3. The molecule has 0 spiro atoms. The fourth-order valence-electron chi connectivity index (χ4n) is 4.17. The van der Waals surface area contributed by atoms with Crippen molar-refractivity contribution in [2.75, 3.05) is 13.1 Å². The van der Waals surface area contributed by atoms with Gasteiger partial charge in [-0.15, -0.1) is 0 Å². The number of hydrogen-bond acceptors (Lipinski definition) is 6. The van der Waals surface area contributed by atoms with Crippen LogP contribution in [0.25, 0.3) is 0 Å². The number of halogens is 2. The van der Waals surface area contributed by atoms with Crippen LogP contribution in [-0.2, 0) is 0 Å². The maximum absolute atomic E-state index is 13.9. The number of nitrogens with two attached hydrogens (primary N) is 1. The molecule has 146 valence electrons. The summed E-state index contributed by atoms with van der Waals surface area (Å²) in [5.41, 5.74) is 7.13. The summed E-state index contributed by atoms with van der Waals surface area (Å²) in [4.78, 5) is 24.7. The van der Waals surface area contributed by atoms with E-state index in [4.69, 9.17) is 5.73 Å². The number of rotatable bonds is 1. The van der Waals surface area contributed by atoms with E-state index in [-0.39, 0.29) is 35.3 Å². The SMILES string of the molecule is CC1CCCCN(C(=O)c2cc3c(cn2)N=C(N)N2CC(F)(F)CC32)C1S. The van der Waals surface area contributed by atoms with Crippen molar-refractivity contribution in [2.24, 2.45) is 16.6 Å². The summed E-state index contributed by atoms with van der Waals surface area (Å²) in [5, 5.41) is -0.182. The van der Waals surface area contributed by atoms with Crippen molar-refractivity contribution in [3.8, 4) is 0 Å². The minimum Gasteiger partial charge on any atom is -0.369 e. The van der Waals surface area contributed by atoms with Gasteiger partial charge in [0.25, 0.3) is 11.8 Å². The van der Waals surface area contributed by atoms with Gasteiger partial charge in [-0.3, -0.25) is 4.79 Å². The molecule has 9 heteroatoms. The van der Waals surface area contributed by atoms with E-state index >= 15 is 0 Å². The molecule has 2 N–H and O–H groups in total. The Balaban J connectivity index is 1.67. The molecule has 1 aromatic heterocycles. The summed E-state index contributed by atoms with van der Waals surface area (Å²) in [6.45, 7) is 2.24. The summed E-state index contributed by atoms with van der Waals surface area (Å²) in [6.07, 6.45) is 4.11. The van der Waals surface area contributed by atoms with Crippen molar-refractivity contribution in [3.05, 3.63) is 23.5 Å². The molecule has 1 amide bonds. The van der Waals surface area contributed by atoms with Crippen LogP contribution < -0.4 is 5.73 Å². The van der Waals surface area contributed by atoms with Crippen LogP contribution in [0.5, 0.6) is 0 Å². The van der Waals surface area contributed by atoms with Crippen molar-refractivity contribution >= 4 is 30.2 Å². The number of aliphatic imine (C=N–C) groups is 1. The minimum atomic E-state index is -2.84. The highest BCUT2D eigenvalue weighted by Gasteiger charge is 2.48. The third-order valence-corrected chi connectivity index (χ3v) is 6.48. The van der Waals surface area contributed by atoms with E-state index < -0.39 is 18.5 Å². The second kappa shape index (κ2) is 6.61. The minimum absolute atomic E-state index is 0.0716. The first-order valence-corrected chi connectivity index (χ1v) is 9.76. The summed E-state index contributed by atoms with van der Waals surface area (Å²) >= 11 is 4.63. The van der Waals surface area contributed by atoms with Crippen molar-refractivity contribution < 1.29 is 13.6 Å². The highest BCUT2D eigenvalue weighted by atomic mass is 32.1. The standard InChI is InChI=1S/C18H23F2N5OS/c1-10-4-2-3-5-24(16(10)27)15(26)12-6-11-13(8-22-12)23-17(21)25-9-18(19,20)7-14(11)25/h6,8,10,14,16,27H,2-5,7,9H2,1H3,(H2,21,23). The van der Waals surface area contributed by atoms with Gasteiger partial charge in [0.2, 0.25) is 0 Å². The lowest BCUT2D eigenvalue weighted by Crippen LogP contribution is -2.41. The molecule has 2 saturated heterocycles. The van der Waals surface area contributed by atoms with E-state index in [2.05, 4.69) is 29.5 Å². The van der Waals surface area contributed by atoms with Crippen LogP contribution >= 0.6 is 12.6 Å². The van der Waals surface area contributed by atoms with Crippen LogP contribution in [-0.4, -0.2) is 51.0 Å². The first-order valence-electron chi connectivity index (χ1n) is 9.24. The highest BCUT2D eigenvalue weighted by molar-refractivity contribution is 7.80. The quantitative estimate of drug-likeness (QED) is 0.717. The Bertz CT molecular complexity index is 802. The van der Waals surface area contributed by atoms with Gasteiger partial charge in [0.05, 0.1) is 29.8 Å². The molecule has 3 aliphatic rings. The van der Waals surface area contributed by atoms with Crippen LogP contribution in [0.3, 0.4) is 0 Å². The Labute approximate surface area is 162 Å². The number of pyridine rings is 1. The molecule has 3 unspecified atom stereocenters. The van der Waals surface area contributed by atoms with Gasteiger partial charge in [0.1, 0.15) is 5.69 Å². The lowest BCUT2D eigenvalue weighted by Gasteiger charge is -2.31. The fourth-order valence-corrected chi connectivity index (χ4v) is 4.54. The number of alkyl halides is 2. The fraction of sp³-hybridized carbons (Fsp3) is 0.611. The second-order valence-electron chi connectivity index (χ2n) is 7.69. The van der Waals surface area contributed by atoms with E-state index in [0.29, 0.717) is 17.8 Å². The predicted molar refractivity (Wildman–Crippen MR) is 101 cm³/mol. The number of amides is 1. The zero-order chi connectivity index (χ0) is 19.3. The Kier molecular flexibility index (Phi) is 4.52. The topological polar surface area (TPSA) is 74.8 Å². The smallest absolute Gasteiger partial charge is 0.273 e. The zero-order valence-corrected chi connectivity index (χ0v) is 16.0. The van der Waals surface area contributed by atoms with Crippen molar-refractivity contribution in [1.82, 2.24) is 14.8 Å². The van der Waals surface area contributed by atoms with Crippen LogP contribution in [0.2, 0.25) is 0 Å². The summed E-state index contributed by atoms with van der Waals surface area (Å²) in [6, 6.07) is 1.01. The Morgan fingerprint density at radius 3 is 2.96 bits per heavy atom. The average Bonchev–Trinajstić information content (AvgIpc) is 2.87. The Hall–Kier alpha value is -1.90. The lowest BCUT2D eigenvalue weighted by molar-refractivity contribution is 0.0165. The Morgan fingerprint density at radius 2 is 2.19 bits per heavy atom. The third-order valence-electron chi connectivity index (χ3n) is 5.69. The average molecular weight is 395 g/mol. The van der Waals surface area contributed by atoms with Gasteiger partial charge in [0.15, 0.2) is 5.96 Å². The molecule has 1 aromatic rings. The molecular formula is C18H23F2N5OS. The normalized spacial score (nSPS) is 29.6. The van der Waals surface area contributed by atoms with Crippen LogP contribution in [0.1, 0.15) is 54.7 Å². The predicted octanol–water partition coefficient (Wildman–Crippen LogP) is 2.94. The molecule has 27 heavy (non-hydrogen) atoms. The van der Waals surface area contributed by atoms with Gasteiger partial charge in [-0.25, -0.2) is 18.8 Å². The number of likely N-dealkylation sites (tertiary alicyclic amines) is 1. The molecule has 2 fully saturated rings. The maximum Gasteiger partial charge on any atom is 0.273 e. The van der Waals surface area contributed by atoms with Gasteiger partial charge in [-0.2, -0.15) is 12.6 Å². The molecule has 0 aromatic carbocycles. The second-order valence-corrected chi connectivity index (χ2v) is 8.22. The first-order chi connectivity index (χ1) is 12.8. The lowest BCUT2D eigenvalue weighted by atomic mass is 10.0. The number of aromatic nitrogens is 1. The van der Waals surface area contributed by atoms with Gasteiger partial charge >= 0.3 is 0 Å². The van der Waals surface area contributed by atoms with Gasteiger partial charge < -0.3 is 15.5 Å². The Morgan fingerprint density at radius 1 is 1.41 bits per heavy atom. The van der Waals surface area contributed by atoms with Crippen LogP contribution in [0.15, 0.2) is 17.3 Å². The molecule has 0 aliphatic carbocycles. The monoisotopic (exact) mass is 395 g/mol. The molecule has 4 rings (SSSR count). The highest BCUT2D eigenvalue weighted by Crippen LogP contribution is 2.46. The van der Waals surface area contributed by atoms with E-state index in [9.17, 15) is 13.6 Å². The third kappa shape index (κ3) is 3.26. The molecule has 4 heterocycles. The molecule has 0 radical (unpaired) electrons. The number of carbonyl (C=O) groups excluding carboxylic acids is 1. The number of nitrogens with zero attached hydrogens (tertiary/aromatic N) is 4. The summed E-state index contributed by atoms with van der Waals surface area (Å²) in [5.74, 6) is -2.70. The molecule has 0 saturated carbocycles. The van der Waals surface area contributed by atoms with E-state index in [1.54, 1.807) is 11.0 Å². The van der Waals surface area contributed by atoms with E-state index in [0.717, 1.165) is 19.3 Å². The number of thiol groups is 1. The van der Waals surface area contributed by atoms with Crippen LogP contribution in [0.4, 0.5) is 14.5 Å². The molecular weight excluding hydrogens is 372 g/mol. The molecule has 0 bridgehead atoms. The number of carbonyl (C=O) groups is 1. The zero-order valence-electron chi connectivity index (χ0n) is 15.1. The largest absolute Gasteiger partial charge is 0.369 e. The van der Waals surface area contributed by atoms with E-state index in [1.807, 2.05) is 0 Å². The summed E-state index contributed by atoms with van der Waals surface area (Å²) < 4.78 is 27.9. The molecule has 3 atom stereocenters.